The Labute approximate surface area is 101 Å². The molecular weight excluding hydrogens is 224 g/mol. The molecule has 1 saturated heterocycles. The van der Waals surface area contributed by atoms with E-state index in [1.165, 1.54) is 0 Å². The predicted octanol–water partition coefficient (Wildman–Crippen LogP) is -0.992. The van der Waals surface area contributed by atoms with E-state index in [4.69, 9.17) is 15.2 Å². The minimum Gasteiger partial charge on any atom is -0.388 e. The van der Waals surface area contributed by atoms with Gasteiger partial charge in [0.05, 0.1) is 11.6 Å². The summed E-state index contributed by atoms with van der Waals surface area (Å²) in [6.45, 7) is 1.74. The van der Waals surface area contributed by atoms with E-state index in [-0.39, 0.29) is 12.5 Å². The summed E-state index contributed by atoms with van der Waals surface area (Å²) in [6.07, 6.45) is 1.56. The fourth-order valence-electron chi connectivity index (χ4n) is 1.69. The number of carbonyl (C=O) groups is 1. The Morgan fingerprint density at radius 3 is 2.82 bits per heavy atom. The first-order valence-corrected chi connectivity index (χ1v) is 5.90. The average molecular weight is 246 g/mol. The van der Waals surface area contributed by atoms with Gasteiger partial charge in [0.25, 0.3) is 0 Å². The lowest BCUT2D eigenvalue weighted by atomic mass is 9.94. The summed E-state index contributed by atoms with van der Waals surface area (Å²) >= 11 is 0. The Balaban J connectivity index is 2.26. The van der Waals surface area contributed by atoms with Gasteiger partial charge in [-0.15, -0.1) is 0 Å². The minimum atomic E-state index is -0.852. The number of methoxy groups -OCH3 is 1. The Morgan fingerprint density at radius 1 is 1.59 bits per heavy atom. The summed E-state index contributed by atoms with van der Waals surface area (Å²) in [5.41, 5.74) is 4.81. The molecule has 1 rings (SSSR count). The third kappa shape index (κ3) is 4.99. The van der Waals surface area contributed by atoms with Gasteiger partial charge in [0, 0.05) is 46.3 Å². The molecule has 100 valence electrons. The summed E-state index contributed by atoms with van der Waals surface area (Å²) in [7, 11) is 1.56. The molecule has 0 aromatic heterocycles. The van der Waals surface area contributed by atoms with Gasteiger partial charge in [0.2, 0.25) is 5.91 Å². The van der Waals surface area contributed by atoms with Crippen molar-refractivity contribution in [1.82, 2.24) is 5.32 Å². The van der Waals surface area contributed by atoms with E-state index in [0.717, 1.165) is 0 Å². The van der Waals surface area contributed by atoms with Gasteiger partial charge in [-0.2, -0.15) is 0 Å². The highest BCUT2D eigenvalue weighted by Gasteiger charge is 2.30. The number of nitrogens with one attached hydrogen (secondary N) is 1. The van der Waals surface area contributed by atoms with Crippen LogP contribution >= 0.6 is 0 Å². The lowest BCUT2D eigenvalue weighted by molar-refractivity contribution is -0.125. The second kappa shape index (κ2) is 6.90. The predicted molar refractivity (Wildman–Crippen MR) is 62.5 cm³/mol. The minimum absolute atomic E-state index is 0.232. The molecule has 1 heterocycles. The van der Waals surface area contributed by atoms with Crippen molar-refractivity contribution in [2.75, 3.05) is 33.5 Å². The van der Waals surface area contributed by atoms with Crippen molar-refractivity contribution in [3.8, 4) is 0 Å². The zero-order valence-electron chi connectivity index (χ0n) is 10.3. The van der Waals surface area contributed by atoms with Crippen molar-refractivity contribution in [3.05, 3.63) is 0 Å². The van der Waals surface area contributed by atoms with E-state index in [9.17, 15) is 9.90 Å². The quantitative estimate of drug-likeness (QED) is 0.559. The smallest absolute Gasteiger partial charge is 0.237 e. The second-order valence-electron chi connectivity index (χ2n) is 4.44. The first-order chi connectivity index (χ1) is 8.07. The molecule has 1 unspecified atom stereocenters. The first-order valence-electron chi connectivity index (χ1n) is 5.90. The summed E-state index contributed by atoms with van der Waals surface area (Å²) in [6, 6.07) is -0.585. The SMILES string of the molecule is COCCC(N)C(=O)NCC1(O)CCOCC1. The summed E-state index contributed by atoms with van der Waals surface area (Å²) in [4.78, 5) is 11.6. The van der Waals surface area contributed by atoms with Crippen LogP contribution in [0.3, 0.4) is 0 Å². The molecule has 0 saturated carbocycles. The van der Waals surface area contributed by atoms with Crippen LogP contribution in [0.15, 0.2) is 0 Å². The van der Waals surface area contributed by atoms with Crippen molar-refractivity contribution in [2.45, 2.75) is 30.9 Å². The zero-order valence-corrected chi connectivity index (χ0v) is 10.3. The number of carbonyl (C=O) groups excluding carboxylic acids is 1. The number of nitrogens with two attached hydrogens (primary N) is 1. The monoisotopic (exact) mass is 246 g/mol. The van der Waals surface area contributed by atoms with E-state index in [1.807, 2.05) is 0 Å². The maximum atomic E-state index is 11.6. The number of aliphatic hydroxyl groups is 1. The molecule has 0 aromatic carbocycles. The number of amides is 1. The van der Waals surface area contributed by atoms with Crippen LogP contribution in [-0.2, 0) is 14.3 Å². The van der Waals surface area contributed by atoms with Gasteiger partial charge >= 0.3 is 0 Å². The van der Waals surface area contributed by atoms with Gasteiger partial charge in [-0.1, -0.05) is 0 Å². The van der Waals surface area contributed by atoms with Crippen molar-refractivity contribution >= 4 is 5.91 Å². The van der Waals surface area contributed by atoms with Crippen LogP contribution in [0.2, 0.25) is 0 Å². The Hall–Kier alpha value is -0.690. The highest BCUT2D eigenvalue weighted by atomic mass is 16.5. The first kappa shape index (κ1) is 14.4. The van der Waals surface area contributed by atoms with E-state index >= 15 is 0 Å². The second-order valence-corrected chi connectivity index (χ2v) is 4.44. The molecule has 0 spiro atoms. The van der Waals surface area contributed by atoms with E-state index in [2.05, 4.69) is 5.32 Å². The van der Waals surface area contributed by atoms with E-state index in [0.29, 0.717) is 39.1 Å². The average Bonchev–Trinajstić information content (AvgIpc) is 2.34. The molecule has 17 heavy (non-hydrogen) atoms. The highest BCUT2D eigenvalue weighted by molar-refractivity contribution is 5.81. The molecule has 1 fully saturated rings. The Kier molecular flexibility index (Phi) is 5.84. The van der Waals surface area contributed by atoms with Crippen LogP contribution in [0.1, 0.15) is 19.3 Å². The largest absolute Gasteiger partial charge is 0.388 e. The molecule has 6 nitrogen and oxygen atoms in total. The molecule has 1 atom stereocenters. The topological polar surface area (TPSA) is 93.8 Å². The zero-order chi connectivity index (χ0) is 12.7. The van der Waals surface area contributed by atoms with Gasteiger partial charge in [-0.3, -0.25) is 4.79 Å². The van der Waals surface area contributed by atoms with Crippen LogP contribution in [0, 0.1) is 0 Å². The Bertz CT molecular complexity index is 242. The summed E-state index contributed by atoms with van der Waals surface area (Å²) in [5.74, 6) is -0.248. The van der Waals surface area contributed by atoms with Gasteiger partial charge in [0.15, 0.2) is 0 Å². The van der Waals surface area contributed by atoms with Crippen molar-refractivity contribution in [3.63, 3.8) is 0 Å². The lowest BCUT2D eigenvalue weighted by Crippen LogP contribution is -2.50. The van der Waals surface area contributed by atoms with Gasteiger partial charge in [-0.25, -0.2) is 0 Å². The third-order valence-corrected chi connectivity index (χ3v) is 2.98. The van der Waals surface area contributed by atoms with Crippen LogP contribution in [0.5, 0.6) is 0 Å². The molecular formula is C11H22N2O4. The van der Waals surface area contributed by atoms with Crippen LogP contribution < -0.4 is 11.1 Å². The van der Waals surface area contributed by atoms with E-state index < -0.39 is 11.6 Å². The van der Waals surface area contributed by atoms with Gasteiger partial charge in [0.1, 0.15) is 0 Å². The van der Waals surface area contributed by atoms with Gasteiger partial charge in [-0.05, 0) is 6.42 Å². The Morgan fingerprint density at radius 2 is 2.24 bits per heavy atom. The summed E-state index contributed by atoms with van der Waals surface area (Å²) < 4.78 is 10.0. The van der Waals surface area contributed by atoms with Crippen LogP contribution in [0.4, 0.5) is 0 Å². The molecule has 0 aromatic rings. The normalized spacial score (nSPS) is 20.9. The number of ether oxygens (including phenoxy) is 2. The summed E-state index contributed by atoms with van der Waals surface area (Å²) in [5, 5.41) is 12.8. The maximum Gasteiger partial charge on any atom is 0.237 e. The van der Waals surface area contributed by atoms with Crippen molar-refractivity contribution in [2.24, 2.45) is 5.73 Å². The molecule has 0 bridgehead atoms. The lowest BCUT2D eigenvalue weighted by Gasteiger charge is -2.32. The number of hydrogen-bond donors (Lipinski definition) is 3. The van der Waals surface area contributed by atoms with Crippen LogP contribution in [0.25, 0.3) is 0 Å². The maximum absolute atomic E-state index is 11.6. The molecule has 6 heteroatoms. The molecule has 0 radical (unpaired) electrons. The molecule has 1 amide bonds. The fraction of sp³-hybridized carbons (Fsp3) is 0.909. The van der Waals surface area contributed by atoms with Crippen molar-refractivity contribution in [1.29, 1.82) is 0 Å². The number of rotatable bonds is 6. The molecule has 1 aliphatic rings. The molecule has 0 aliphatic carbocycles. The highest BCUT2D eigenvalue weighted by Crippen LogP contribution is 2.19. The third-order valence-electron chi connectivity index (χ3n) is 2.98. The van der Waals surface area contributed by atoms with Crippen LogP contribution in [-0.4, -0.2) is 56.1 Å². The molecule has 4 N–H and O–H groups in total. The fourth-order valence-corrected chi connectivity index (χ4v) is 1.69. The van der Waals surface area contributed by atoms with Gasteiger partial charge < -0.3 is 25.6 Å². The number of hydrogen-bond acceptors (Lipinski definition) is 5. The standard InChI is InChI=1S/C11H22N2O4/c1-16-5-2-9(12)10(14)13-8-11(15)3-6-17-7-4-11/h9,15H,2-8,12H2,1H3,(H,13,14). The molecule has 1 aliphatic heterocycles. The van der Waals surface area contributed by atoms with Crippen molar-refractivity contribution < 1.29 is 19.4 Å². The van der Waals surface area contributed by atoms with E-state index in [1.54, 1.807) is 7.11 Å².